The Labute approximate surface area is 113 Å². The standard InChI is InChI=1S/C15H31N3/c1-4-16-14-7-5-6-8-15(14)18(3)13-9-11-17(2)12-10-13/h13-16H,4-12H2,1-3H3. The largest absolute Gasteiger partial charge is 0.313 e. The molecule has 0 spiro atoms. The Kier molecular flexibility index (Phi) is 5.46. The number of hydrogen-bond acceptors (Lipinski definition) is 3. The van der Waals surface area contributed by atoms with Gasteiger partial charge in [0.25, 0.3) is 0 Å². The van der Waals surface area contributed by atoms with Crippen LogP contribution in [-0.2, 0) is 0 Å². The van der Waals surface area contributed by atoms with E-state index in [-0.39, 0.29) is 0 Å². The van der Waals surface area contributed by atoms with Gasteiger partial charge in [-0.3, -0.25) is 4.90 Å². The Bertz CT molecular complexity index is 234. The molecule has 3 nitrogen and oxygen atoms in total. The lowest BCUT2D eigenvalue weighted by atomic mass is 9.87. The summed E-state index contributed by atoms with van der Waals surface area (Å²) >= 11 is 0. The number of likely N-dealkylation sites (tertiary alicyclic amines) is 1. The molecule has 2 atom stereocenters. The molecule has 0 aromatic rings. The Hall–Kier alpha value is -0.120. The predicted molar refractivity (Wildman–Crippen MR) is 78.0 cm³/mol. The first-order chi connectivity index (χ1) is 8.72. The van der Waals surface area contributed by atoms with Crippen LogP contribution in [-0.4, -0.2) is 61.7 Å². The van der Waals surface area contributed by atoms with Gasteiger partial charge in [-0.15, -0.1) is 0 Å². The summed E-state index contributed by atoms with van der Waals surface area (Å²) in [5.74, 6) is 0. The quantitative estimate of drug-likeness (QED) is 0.826. The van der Waals surface area contributed by atoms with Crippen molar-refractivity contribution >= 4 is 0 Å². The van der Waals surface area contributed by atoms with Crippen molar-refractivity contribution in [1.82, 2.24) is 15.1 Å². The molecule has 1 N–H and O–H groups in total. The van der Waals surface area contributed by atoms with E-state index in [9.17, 15) is 0 Å². The highest BCUT2D eigenvalue weighted by molar-refractivity contribution is 4.90. The Morgan fingerprint density at radius 1 is 1.11 bits per heavy atom. The summed E-state index contributed by atoms with van der Waals surface area (Å²) in [6.07, 6.45) is 8.29. The van der Waals surface area contributed by atoms with Crippen LogP contribution < -0.4 is 5.32 Å². The van der Waals surface area contributed by atoms with Crippen molar-refractivity contribution in [2.24, 2.45) is 0 Å². The van der Waals surface area contributed by atoms with Gasteiger partial charge in [0.05, 0.1) is 0 Å². The topological polar surface area (TPSA) is 18.5 Å². The van der Waals surface area contributed by atoms with E-state index in [4.69, 9.17) is 0 Å². The molecule has 2 unspecified atom stereocenters. The molecule has 0 aromatic heterocycles. The van der Waals surface area contributed by atoms with E-state index in [1.165, 1.54) is 51.6 Å². The first-order valence-electron chi connectivity index (χ1n) is 7.86. The third-order valence-corrected chi connectivity index (χ3v) is 4.98. The molecule has 106 valence electrons. The minimum absolute atomic E-state index is 0.730. The van der Waals surface area contributed by atoms with E-state index in [2.05, 4.69) is 36.1 Å². The van der Waals surface area contributed by atoms with Crippen molar-refractivity contribution in [2.75, 3.05) is 33.7 Å². The van der Waals surface area contributed by atoms with Gasteiger partial charge in [0.2, 0.25) is 0 Å². The van der Waals surface area contributed by atoms with Gasteiger partial charge in [-0.2, -0.15) is 0 Å². The summed E-state index contributed by atoms with van der Waals surface area (Å²) < 4.78 is 0. The maximum absolute atomic E-state index is 3.71. The zero-order valence-electron chi connectivity index (χ0n) is 12.5. The highest BCUT2D eigenvalue weighted by atomic mass is 15.2. The van der Waals surface area contributed by atoms with Crippen molar-refractivity contribution < 1.29 is 0 Å². The molecular weight excluding hydrogens is 222 g/mol. The predicted octanol–water partition coefficient (Wildman–Crippen LogP) is 1.93. The van der Waals surface area contributed by atoms with Gasteiger partial charge in [0.15, 0.2) is 0 Å². The number of rotatable bonds is 4. The van der Waals surface area contributed by atoms with Crippen LogP contribution in [0.2, 0.25) is 0 Å². The molecule has 2 aliphatic rings. The second-order valence-electron chi connectivity index (χ2n) is 6.22. The van der Waals surface area contributed by atoms with Gasteiger partial charge < -0.3 is 10.2 Å². The molecule has 0 radical (unpaired) electrons. The molecule has 1 aliphatic carbocycles. The molecular formula is C15H31N3. The minimum atomic E-state index is 0.730. The summed E-state index contributed by atoms with van der Waals surface area (Å²) in [6.45, 7) is 5.89. The fourth-order valence-corrected chi connectivity index (χ4v) is 3.77. The summed E-state index contributed by atoms with van der Waals surface area (Å²) in [5, 5.41) is 3.71. The lowest BCUT2D eigenvalue weighted by Crippen LogP contribution is -2.55. The van der Waals surface area contributed by atoms with Gasteiger partial charge in [-0.25, -0.2) is 0 Å². The van der Waals surface area contributed by atoms with E-state index in [1.54, 1.807) is 0 Å². The maximum Gasteiger partial charge on any atom is 0.0249 e. The maximum atomic E-state index is 3.71. The first-order valence-corrected chi connectivity index (χ1v) is 7.86. The number of piperidine rings is 1. The highest BCUT2D eigenvalue weighted by Gasteiger charge is 2.32. The zero-order chi connectivity index (χ0) is 13.0. The van der Waals surface area contributed by atoms with Crippen molar-refractivity contribution in [3.63, 3.8) is 0 Å². The normalized spacial score (nSPS) is 32.0. The SMILES string of the molecule is CCNC1CCCCC1N(C)C1CCN(C)CC1. The number of nitrogens with zero attached hydrogens (tertiary/aromatic N) is 2. The van der Waals surface area contributed by atoms with Crippen molar-refractivity contribution in [3.05, 3.63) is 0 Å². The van der Waals surface area contributed by atoms with Gasteiger partial charge in [-0.05, 0) is 59.4 Å². The van der Waals surface area contributed by atoms with Crippen molar-refractivity contribution in [3.8, 4) is 0 Å². The highest BCUT2D eigenvalue weighted by Crippen LogP contribution is 2.26. The molecule has 1 saturated carbocycles. The molecule has 0 aromatic carbocycles. The molecule has 2 rings (SSSR count). The molecule has 1 saturated heterocycles. The van der Waals surface area contributed by atoms with Crippen molar-refractivity contribution in [1.29, 1.82) is 0 Å². The third-order valence-electron chi connectivity index (χ3n) is 4.98. The lowest BCUT2D eigenvalue weighted by molar-refractivity contribution is 0.0697. The van der Waals surface area contributed by atoms with Gasteiger partial charge in [0.1, 0.15) is 0 Å². The summed E-state index contributed by atoms with van der Waals surface area (Å²) in [4.78, 5) is 5.17. The molecule has 2 fully saturated rings. The van der Waals surface area contributed by atoms with E-state index in [1.807, 2.05) is 0 Å². The van der Waals surface area contributed by atoms with Crippen LogP contribution in [0.4, 0.5) is 0 Å². The molecule has 18 heavy (non-hydrogen) atoms. The van der Waals surface area contributed by atoms with E-state index < -0.39 is 0 Å². The fraction of sp³-hybridized carbons (Fsp3) is 1.00. The van der Waals surface area contributed by atoms with Crippen LogP contribution in [0.3, 0.4) is 0 Å². The monoisotopic (exact) mass is 253 g/mol. The second kappa shape index (κ2) is 6.88. The molecule has 0 bridgehead atoms. The van der Waals surface area contributed by atoms with E-state index >= 15 is 0 Å². The molecule has 1 heterocycles. The summed E-state index contributed by atoms with van der Waals surface area (Å²) in [5.41, 5.74) is 0. The van der Waals surface area contributed by atoms with Gasteiger partial charge in [-0.1, -0.05) is 19.8 Å². The summed E-state index contributed by atoms with van der Waals surface area (Å²) in [7, 11) is 4.62. The molecule has 0 amide bonds. The average molecular weight is 253 g/mol. The van der Waals surface area contributed by atoms with Crippen LogP contribution in [0.15, 0.2) is 0 Å². The number of likely N-dealkylation sites (N-methyl/N-ethyl adjacent to an activating group) is 2. The average Bonchev–Trinajstić information content (AvgIpc) is 2.40. The number of hydrogen-bond donors (Lipinski definition) is 1. The Morgan fingerprint density at radius 3 is 2.44 bits per heavy atom. The smallest absolute Gasteiger partial charge is 0.0249 e. The van der Waals surface area contributed by atoms with E-state index in [0.29, 0.717) is 0 Å². The third kappa shape index (κ3) is 3.46. The van der Waals surface area contributed by atoms with E-state index in [0.717, 1.165) is 24.7 Å². The van der Waals surface area contributed by atoms with Gasteiger partial charge >= 0.3 is 0 Å². The van der Waals surface area contributed by atoms with Crippen LogP contribution in [0, 0.1) is 0 Å². The lowest BCUT2D eigenvalue weighted by Gasteiger charge is -2.44. The van der Waals surface area contributed by atoms with Gasteiger partial charge in [0, 0.05) is 18.1 Å². The van der Waals surface area contributed by atoms with Crippen LogP contribution in [0.25, 0.3) is 0 Å². The zero-order valence-corrected chi connectivity index (χ0v) is 12.5. The Balaban J connectivity index is 1.90. The summed E-state index contributed by atoms with van der Waals surface area (Å²) in [6, 6.07) is 2.31. The minimum Gasteiger partial charge on any atom is -0.313 e. The first kappa shape index (κ1) is 14.3. The molecule has 1 aliphatic heterocycles. The fourth-order valence-electron chi connectivity index (χ4n) is 3.77. The molecule has 3 heteroatoms. The van der Waals surface area contributed by atoms with Crippen LogP contribution >= 0.6 is 0 Å². The second-order valence-corrected chi connectivity index (χ2v) is 6.22. The number of nitrogens with one attached hydrogen (secondary N) is 1. The van der Waals surface area contributed by atoms with Crippen LogP contribution in [0.5, 0.6) is 0 Å². The van der Waals surface area contributed by atoms with Crippen LogP contribution in [0.1, 0.15) is 45.4 Å². The van der Waals surface area contributed by atoms with Crippen molar-refractivity contribution in [2.45, 2.75) is 63.6 Å². The Morgan fingerprint density at radius 2 is 1.78 bits per heavy atom.